The van der Waals surface area contributed by atoms with Crippen LogP contribution in [-0.4, -0.2) is 31.0 Å². The average Bonchev–Trinajstić information content (AvgIpc) is 3.36. The van der Waals surface area contributed by atoms with Crippen LogP contribution >= 0.6 is 11.8 Å². The molecule has 0 saturated carbocycles. The predicted molar refractivity (Wildman–Crippen MR) is 112 cm³/mol. The van der Waals surface area contributed by atoms with E-state index in [4.69, 9.17) is 0 Å². The lowest BCUT2D eigenvalue weighted by molar-refractivity contribution is -0.116. The number of aromatic nitrogens is 4. The zero-order chi connectivity index (χ0) is 21.5. The minimum absolute atomic E-state index is 0.0449. The summed E-state index contributed by atoms with van der Waals surface area (Å²) in [6.07, 6.45) is 1.43. The number of fused-ring (bicyclic) bond motifs is 2. The smallest absolute Gasteiger partial charge is 0.265 e. The van der Waals surface area contributed by atoms with Crippen LogP contribution in [0.25, 0.3) is 16.7 Å². The molecular weight excluding hydrogens is 424 g/mol. The largest absolute Gasteiger partial charge is 0.324 e. The molecule has 0 fully saturated rings. The zero-order valence-electron chi connectivity index (χ0n) is 16.0. The number of benzene rings is 2. The number of carbonyl (C=O) groups excluding carboxylic acids is 1. The molecule has 31 heavy (non-hydrogen) atoms. The van der Waals surface area contributed by atoms with Crippen LogP contribution in [0.15, 0.2) is 64.7 Å². The van der Waals surface area contributed by atoms with Crippen LogP contribution in [0.1, 0.15) is 12.5 Å². The molecule has 156 valence electrons. The standard InChI is InChI=1S/C21H15F2N5O2S/c22-12-6-7-17(16(23)8-12)25-18(29)9-14-11-31-21-26-19-15(20(30)27(14)21)10-24-28(19)13-4-2-1-3-5-13/h1-8,10,14H,9,11H2,(H,25,29)/t14-/m0/s1. The fourth-order valence-electron chi connectivity index (χ4n) is 3.55. The molecule has 10 heteroatoms. The molecule has 0 spiro atoms. The molecule has 0 radical (unpaired) electrons. The van der Waals surface area contributed by atoms with Crippen molar-refractivity contribution in [3.8, 4) is 5.69 Å². The number of thioether (sulfide) groups is 1. The lowest BCUT2D eigenvalue weighted by Gasteiger charge is -2.14. The summed E-state index contributed by atoms with van der Waals surface area (Å²) in [6, 6.07) is 11.9. The van der Waals surface area contributed by atoms with Crippen molar-refractivity contribution in [3.63, 3.8) is 0 Å². The molecule has 1 aliphatic rings. The van der Waals surface area contributed by atoms with Crippen molar-refractivity contribution >= 4 is 34.4 Å². The van der Waals surface area contributed by atoms with Gasteiger partial charge in [0.25, 0.3) is 5.56 Å². The Hall–Kier alpha value is -3.53. The van der Waals surface area contributed by atoms with Crippen LogP contribution < -0.4 is 10.9 Å². The first-order valence-corrected chi connectivity index (χ1v) is 10.4. The van der Waals surface area contributed by atoms with Crippen molar-refractivity contribution in [2.45, 2.75) is 17.6 Å². The summed E-state index contributed by atoms with van der Waals surface area (Å²) in [5.41, 5.74) is 0.850. The molecule has 0 aliphatic carbocycles. The van der Waals surface area contributed by atoms with E-state index in [2.05, 4.69) is 15.4 Å². The zero-order valence-corrected chi connectivity index (χ0v) is 16.8. The van der Waals surface area contributed by atoms with E-state index in [0.717, 1.165) is 17.8 Å². The Balaban J connectivity index is 1.44. The highest BCUT2D eigenvalue weighted by Gasteiger charge is 2.29. The minimum Gasteiger partial charge on any atom is -0.324 e. The first kappa shape index (κ1) is 19.4. The van der Waals surface area contributed by atoms with Gasteiger partial charge in [0.05, 0.1) is 23.6 Å². The summed E-state index contributed by atoms with van der Waals surface area (Å²) in [4.78, 5) is 30.2. The van der Waals surface area contributed by atoms with E-state index in [-0.39, 0.29) is 17.7 Å². The number of nitrogens with one attached hydrogen (secondary N) is 1. The maximum absolute atomic E-state index is 13.8. The summed E-state index contributed by atoms with van der Waals surface area (Å²) in [5, 5.41) is 7.59. The fourth-order valence-corrected chi connectivity index (χ4v) is 4.68. The minimum atomic E-state index is -0.858. The molecule has 2 aromatic carbocycles. The van der Waals surface area contributed by atoms with Gasteiger partial charge in [-0.1, -0.05) is 30.0 Å². The van der Waals surface area contributed by atoms with Gasteiger partial charge < -0.3 is 5.32 Å². The topological polar surface area (TPSA) is 81.8 Å². The van der Waals surface area contributed by atoms with Crippen LogP contribution in [-0.2, 0) is 4.79 Å². The summed E-state index contributed by atoms with van der Waals surface area (Å²) in [7, 11) is 0. The summed E-state index contributed by atoms with van der Waals surface area (Å²) in [5.74, 6) is -1.58. The number of halogens is 2. The molecule has 0 saturated heterocycles. The van der Waals surface area contributed by atoms with Gasteiger partial charge in [0, 0.05) is 18.2 Å². The number of para-hydroxylation sites is 1. The van der Waals surface area contributed by atoms with Gasteiger partial charge in [-0.3, -0.25) is 14.2 Å². The van der Waals surface area contributed by atoms with Gasteiger partial charge in [-0.25, -0.2) is 18.4 Å². The Morgan fingerprint density at radius 2 is 2.00 bits per heavy atom. The number of hydrogen-bond acceptors (Lipinski definition) is 5. The molecular formula is C21H15F2N5O2S. The Morgan fingerprint density at radius 3 is 2.77 bits per heavy atom. The molecule has 1 amide bonds. The molecule has 0 bridgehead atoms. The summed E-state index contributed by atoms with van der Waals surface area (Å²) >= 11 is 1.37. The van der Waals surface area contributed by atoms with E-state index in [1.807, 2.05) is 30.3 Å². The van der Waals surface area contributed by atoms with Gasteiger partial charge in [-0.15, -0.1) is 0 Å². The van der Waals surface area contributed by atoms with Crippen LogP contribution in [0.5, 0.6) is 0 Å². The molecule has 1 N–H and O–H groups in total. The van der Waals surface area contributed by atoms with E-state index < -0.39 is 23.6 Å². The third-order valence-electron chi connectivity index (χ3n) is 5.00. The van der Waals surface area contributed by atoms with Crippen LogP contribution in [0.3, 0.4) is 0 Å². The van der Waals surface area contributed by atoms with E-state index in [9.17, 15) is 18.4 Å². The fraction of sp³-hybridized carbons (Fsp3) is 0.143. The predicted octanol–water partition coefficient (Wildman–Crippen LogP) is 3.54. The second-order valence-corrected chi connectivity index (χ2v) is 8.03. The van der Waals surface area contributed by atoms with Gasteiger partial charge in [0.15, 0.2) is 10.8 Å². The van der Waals surface area contributed by atoms with Crippen LogP contribution in [0.4, 0.5) is 14.5 Å². The first-order chi connectivity index (χ1) is 15.0. The first-order valence-electron chi connectivity index (χ1n) is 9.44. The van der Waals surface area contributed by atoms with E-state index >= 15 is 0 Å². The van der Waals surface area contributed by atoms with Crippen molar-refractivity contribution < 1.29 is 13.6 Å². The average molecular weight is 439 g/mol. The number of nitrogens with zero attached hydrogens (tertiary/aromatic N) is 4. The number of anilines is 1. The maximum Gasteiger partial charge on any atom is 0.265 e. The Labute approximate surface area is 178 Å². The van der Waals surface area contributed by atoms with Crippen LogP contribution in [0, 0.1) is 11.6 Å². The van der Waals surface area contributed by atoms with Gasteiger partial charge in [-0.2, -0.15) is 5.10 Å². The second kappa shape index (κ2) is 7.62. The lowest BCUT2D eigenvalue weighted by atomic mass is 10.2. The molecule has 4 aromatic rings. The van der Waals surface area contributed by atoms with Crippen molar-refractivity contribution in [1.82, 2.24) is 19.3 Å². The number of amides is 1. The third-order valence-corrected chi connectivity index (χ3v) is 6.10. The van der Waals surface area contributed by atoms with Crippen molar-refractivity contribution in [3.05, 3.63) is 76.7 Å². The molecule has 7 nitrogen and oxygen atoms in total. The molecule has 1 atom stereocenters. The monoisotopic (exact) mass is 439 g/mol. The quantitative estimate of drug-likeness (QED) is 0.492. The van der Waals surface area contributed by atoms with E-state index in [0.29, 0.717) is 28.0 Å². The number of rotatable bonds is 4. The molecule has 2 aromatic heterocycles. The summed E-state index contributed by atoms with van der Waals surface area (Å²) < 4.78 is 30.0. The Kier molecular flexibility index (Phi) is 4.78. The molecule has 1 aliphatic heterocycles. The van der Waals surface area contributed by atoms with Crippen LogP contribution in [0.2, 0.25) is 0 Å². The van der Waals surface area contributed by atoms with E-state index in [1.165, 1.54) is 22.5 Å². The SMILES string of the molecule is O=C(C[C@H]1CSc2nc3c(cnn3-c3ccccc3)c(=O)n21)Nc1ccc(F)cc1F. The normalized spacial score (nSPS) is 15.2. The second-order valence-electron chi connectivity index (χ2n) is 7.04. The maximum atomic E-state index is 13.8. The molecule has 3 heterocycles. The highest BCUT2D eigenvalue weighted by Crippen LogP contribution is 2.33. The highest BCUT2D eigenvalue weighted by molar-refractivity contribution is 7.99. The highest BCUT2D eigenvalue weighted by atomic mass is 32.2. The Bertz CT molecular complexity index is 1370. The van der Waals surface area contributed by atoms with Crippen molar-refractivity contribution in [2.75, 3.05) is 11.1 Å². The number of carbonyl (C=O) groups is 1. The van der Waals surface area contributed by atoms with Gasteiger partial charge in [0.2, 0.25) is 5.91 Å². The van der Waals surface area contributed by atoms with E-state index in [1.54, 1.807) is 4.68 Å². The molecule has 5 rings (SSSR count). The summed E-state index contributed by atoms with van der Waals surface area (Å²) in [6.45, 7) is 0. The van der Waals surface area contributed by atoms with Crippen molar-refractivity contribution in [2.24, 2.45) is 0 Å². The lowest BCUT2D eigenvalue weighted by Crippen LogP contribution is -2.28. The Morgan fingerprint density at radius 1 is 1.19 bits per heavy atom. The third kappa shape index (κ3) is 3.48. The van der Waals surface area contributed by atoms with Gasteiger partial charge in [0.1, 0.15) is 17.0 Å². The molecule has 0 unspecified atom stereocenters. The van der Waals surface area contributed by atoms with Gasteiger partial charge >= 0.3 is 0 Å². The van der Waals surface area contributed by atoms with Crippen molar-refractivity contribution in [1.29, 1.82) is 0 Å². The number of hydrogen-bond donors (Lipinski definition) is 1. The van der Waals surface area contributed by atoms with Gasteiger partial charge in [-0.05, 0) is 24.3 Å².